The van der Waals surface area contributed by atoms with Gasteiger partial charge in [0, 0.05) is 6.04 Å². The Morgan fingerprint density at radius 1 is 1.47 bits per heavy atom. The predicted molar refractivity (Wildman–Crippen MR) is 63.6 cm³/mol. The summed E-state index contributed by atoms with van der Waals surface area (Å²) in [4.78, 5) is 9.95. The number of furan rings is 1. The molecule has 0 aliphatic heterocycles. The highest BCUT2D eigenvalue weighted by atomic mass is 16.6. The maximum Gasteiger partial charge on any atom is 0.433 e. The first kappa shape index (κ1) is 12.1. The van der Waals surface area contributed by atoms with Crippen LogP contribution >= 0.6 is 0 Å². The van der Waals surface area contributed by atoms with E-state index < -0.39 is 4.92 Å². The summed E-state index contributed by atoms with van der Waals surface area (Å²) in [5.41, 5.74) is 0. The highest BCUT2D eigenvalue weighted by Gasteiger charge is 2.29. The second-order valence-electron chi connectivity index (χ2n) is 4.90. The molecule has 1 aliphatic rings. The zero-order valence-corrected chi connectivity index (χ0v) is 10.2. The molecule has 94 valence electrons. The van der Waals surface area contributed by atoms with Crippen molar-refractivity contribution in [3.05, 3.63) is 28.0 Å². The van der Waals surface area contributed by atoms with Gasteiger partial charge in [0.2, 0.25) is 0 Å². The largest absolute Gasteiger partial charge is 0.433 e. The van der Waals surface area contributed by atoms with Crippen LogP contribution < -0.4 is 5.32 Å². The summed E-state index contributed by atoms with van der Waals surface area (Å²) in [5, 5.41) is 13.9. The minimum atomic E-state index is -0.510. The molecular weight excluding hydrogens is 220 g/mol. The maximum absolute atomic E-state index is 10.5. The van der Waals surface area contributed by atoms with Gasteiger partial charge in [0.1, 0.15) is 10.7 Å². The van der Waals surface area contributed by atoms with Gasteiger partial charge >= 0.3 is 5.88 Å². The summed E-state index contributed by atoms with van der Waals surface area (Å²) in [6.07, 6.45) is 2.42. The Morgan fingerprint density at radius 2 is 2.24 bits per heavy atom. The predicted octanol–water partition coefficient (Wildman–Crippen LogP) is 2.71. The Hall–Kier alpha value is -1.36. The monoisotopic (exact) mass is 238 g/mol. The number of nitrogens with zero attached hydrogens (tertiary/aromatic N) is 1. The van der Waals surface area contributed by atoms with Gasteiger partial charge in [-0.25, -0.2) is 0 Å². The van der Waals surface area contributed by atoms with E-state index in [9.17, 15) is 10.1 Å². The number of nitrogens with one attached hydrogen (secondary N) is 1. The fourth-order valence-corrected chi connectivity index (χ4v) is 2.44. The van der Waals surface area contributed by atoms with Crippen molar-refractivity contribution < 1.29 is 9.34 Å². The van der Waals surface area contributed by atoms with Crippen molar-refractivity contribution in [1.82, 2.24) is 5.32 Å². The molecule has 0 saturated heterocycles. The molecule has 1 aromatic rings. The van der Waals surface area contributed by atoms with E-state index in [1.54, 1.807) is 6.07 Å². The molecule has 1 heterocycles. The second kappa shape index (κ2) is 4.87. The van der Waals surface area contributed by atoms with E-state index in [0.29, 0.717) is 24.3 Å². The standard InChI is InChI=1S/C12H18N2O3/c1-8-3-5-11(9(8)2)13-7-10-4-6-12(17-10)14(15)16/h4,6,8-9,11,13H,3,5,7H2,1-2H3. The zero-order valence-electron chi connectivity index (χ0n) is 10.2. The summed E-state index contributed by atoms with van der Waals surface area (Å²) in [7, 11) is 0. The first-order valence-electron chi connectivity index (χ1n) is 6.04. The van der Waals surface area contributed by atoms with Gasteiger partial charge in [-0.3, -0.25) is 10.1 Å². The van der Waals surface area contributed by atoms with Crippen molar-refractivity contribution in [1.29, 1.82) is 0 Å². The van der Waals surface area contributed by atoms with Gasteiger partial charge < -0.3 is 9.73 Å². The molecule has 5 nitrogen and oxygen atoms in total. The molecule has 0 aromatic carbocycles. The lowest BCUT2D eigenvalue weighted by atomic mass is 9.98. The van der Waals surface area contributed by atoms with Crippen LogP contribution in [0.25, 0.3) is 0 Å². The van der Waals surface area contributed by atoms with Crippen LogP contribution in [-0.2, 0) is 6.54 Å². The van der Waals surface area contributed by atoms with E-state index >= 15 is 0 Å². The van der Waals surface area contributed by atoms with E-state index in [4.69, 9.17) is 4.42 Å². The first-order chi connectivity index (χ1) is 8.08. The summed E-state index contributed by atoms with van der Waals surface area (Å²) >= 11 is 0. The van der Waals surface area contributed by atoms with Crippen LogP contribution in [0.4, 0.5) is 5.88 Å². The van der Waals surface area contributed by atoms with Crippen molar-refractivity contribution >= 4 is 5.88 Å². The molecule has 0 radical (unpaired) electrons. The van der Waals surface area contributed by atoms with E-state index in [1.807, 2.05) is 0 Å². The van der Waals surface area contributed by atoms with E-state index in [-0.39, 0.29) is 5.88 Å². The van der Waals surface area contributed by atoms with E-state index in [2.05, 4.69) is 19.2 Å². The summed E-state index contributed by atoms with van der Waals surface area (Å²) < 4.78 is 5.11. The molecule has 1 saturated carbocycles. The lowest BCUT2D eigenvalue weighted by molar-refractivity contribution is -0.402. The molecule has 3 atom stereocenters. The topological polar surface area (TPSA) is 68.3 Å². The maximum atomic E-state index is 10.5. The molecule has 1 fully saturated rings. The third-order valence-electron chi connectivity index (χ3n) is 3.83. The third-order valence-corrected chi connectivity index (χ3v) is 3.83. The molecule has 3 unspecified atom stereocenters. The lowest BCUT2D eigenvalue weighted by Crippen LogP contribution is -2.31. The first-order valence-corrected chi connectivity index (χ1v) is 6.04. The molecule has 0 spiro atoms. The van der Waals surface area contributed by atoms with E-state index in [1.165, 1.54) is 18.9 Å². The van der Waals surface area contributed by atoms with E-state index in [0.717, 1.165) is 5.92 Å². The molecule has 0 amide bonds. The molecular formula is C12H18N2O3. The van der Waals surface area contributed by atoms with Crippen molar-refractivity contribution in [2.75, 3.05) is 0 Å². The lowest BCUT2D eigenvalue weighted by Gasteiger charge is -2.18. The van der Waals surface area contributed by atoms with Gasteiger partial charge in [0.15, 0.2) is 0 Å². The Morgan fingerprint density at radius 3 is 2.76 bits per heavy atom. The van der Waals surface area contributed by atoms with Gasteiger partial charge in [-0.1, -0.05) is 13.8 Å². The SMILES string of the molecule is CC1CCC(NCc2ccc([N+](=O)[O-])o2)C1C. The zero-order chi connectivity index (χ0) is 12.4. The summed E-state index contributed by atoms with van der Waals surface area (Å²) in [6.45, 7) is 5.08. The van der Waals surface area contributed by atoms with Crippen LogP contribution in [0.3, 0.4) is 0 Å². The van der Waals surface area contributed by atoms with Crippen LogP contribution in [0.15, 0.2) is 16.5 Å². The molecule has 1 aromatic heterocycles. The van der Waals surface area contributed by atoms with Crippen LogP contribution in [0, 0.1) is 22.0 Å². The molecule has 1 N–H and O–H groups in total. The smallest absolute Gasteiger partial charge is 0.404 e. The fraction of sp³-hybridized carbons (Fsp3) is 0.667. The molecule has 2 rings (SSSR count). The Bertz CT molecular complexity index is 402. The van der Waals surface area contributed by atoms with Crippen molar-refractivity contribution in [3.8, 4) is 0 Å². The third kappa shape index (κ3) is 2.66. The van der Waals surface area contributed by atoms with Crippen LogP contribution in [-0.4, -0.2) is 11.0 Å². The van der Waals surface area contributed by atoms with Gasteiger partial charge in [-0.2, -0.15) is 0 Å². The van der Waals surface area contributed by atoms with Crippen LogP contribution in [0.2, 0.25) is 0 Å². The normalized spacial score (nSPS) is 28.5. The number of rotatable bonds is 4. The number of hydrogen-bond donors (Lipinski definition) is 1. The van der Waals surface area contributed by atoms with Gasteiger partial charge in [0.25, 0.3) is 0 Å². The van der Waals surface area contributed by atoms with Crippen molar-refractivity contribution in [2.45, 2.75) is 39.3 Å². The molecule has 5 heteroatoms. The minimum absolute atomic E-state index is 0.186. The Balaban J connectivity index is 1.87. The summed E-state index contributed by atoms with van der Waals surface area (Å²) in [5.74, 6) is 1.84. The van der Waals surface area contributed by atoms with Crippen LogP contribution in [0.1, 0.15) is 32.4 Å². The summed E-state index contributed by atoms with van der Waals surface area (Å²) in [6, 6.07) is 3.56. The average molecular weight is 238 g/mol. The highest BCUT2D eigenvalue weighted by molar-refractivity contribution is 5.17. The quantitative estimate of drug-likeness (QED) is 0.646. The average Bonchev–Trinajstić information content (AvgIpc) is 2.86. The number of hydrogen-bond acceptors (Lipinski definition) is 4. The molecule has 0 bridgehead atoms. The van der Waals surface area contributed by atoms with Gasteiger partial charge in [0.05, 0.1) is 12.6 Å². The van der Waals surface area contributed by atoms with Gasteiger partial charge in [-0.05, 0) is 30.7 Å². The van der Waals surface area contributed by atoms with Crippen LogP contribution in [0.5, 0.6) is 0 Å². The minimum Gasteiger partial charge on any atom is -0.404 e. The Kier molecular flexibility index (Phi) is 3.47. The Labute approximate surface area is 100 Å². The molecule has 1 aliphatic carbocycles. The highest BCUT2D eigenvalue weighted by Crippen LogP contribution is 2.31. The van der Waals surface area contributed by atoms with Crippen molar-refractivity contribution in [3.63, 3.8) is 0 Å². The molecule has 17 heavy (non-hydrogen) atoms. The van der Waals surface area contributed by atoms with Crippen molar-refractivity contribution in [2.24, 2.45) is 11.8 Å². The fourth-order valence-electron chi connectivity index (χ4n) is 2.44. The van der Waals surface area contributed by atoms with Gasteiger partial charge in [-0.15, -0.1) is 0 Å². The second-order valence-corrected chi connectivity index (χ2v) is 4.90. The number of nitro groups is 1.